The van der Waals surface area contributed by atoms with Crippen LogP contribution in [0.2, 0.25) is 0 Å². The van der Waals surface area contributed by atoms with Gasteiger partial charge in [-0.15, -0.1) is 0 Å². The quantitative estimate of drug-likeness (QED) is 0.937. The monoisotopic (exact) mass is 284 g/mol. The van der Waals surface area contributed by atoms with Crippen molar-refractivity contribution in [3.05, 3.63) is 42.2 Å². The lowest BCUT2D eigenvalue weighted by molar-refractivity contribution is 0.454. The number of rotatable bonds is 3. The molecule has 0 amide bonds. The smallest absolute Gasteiger partial charge is 0.224 e. The van der Waals surface area contributed by atoms with Crippen LogP contribution < -0.4 is 15.0 Å². The molecule has 1 unspecified atom stereocenters. The van der Waals surface area contributed by atoms with Gasteiger partial charge in [0.1, 0.15) is 17.9 Å². The largest absolute Gasteiger partial charge is 0.439 e. The lowest BCUT2D eigenvalue weighted by Gasteiger charge is -2.32. The molecule has 0 spiro atoms. The van der Waals surface area contributed by atoms with E-state index in [0.717, 1.165) is 36.8 Å². The number of hydrogen-bond donors (Lipinski definition) is 1. The molecule has 0 radical (unpaired) electrons. The predicted molar refractivity (Wildman–Crippen MR) is 83.0 cm³/mol. The Morgan fingerprint density at radius 2 is 2.14 bits per heavy atom. The maximum atomic E-state index is 5.87. The van der Waals surface area contributed by atoms with Gasteiger partial charge in [-0.05, 0) is 25.5 Å². The highest BCUT2D eigenvalue weighted by molar-refractivity contribution is 5.43. The highest BCUT2D eigenvalue weighted by Gasteiger charge is 2.17. The Morgan fingerprint density at radius 1 is 1.29 bits per heavy atom. The first-order chi connectivity index (χ1) is 10.2. The molecule has 1 saturated heterocycles. The lowest BCUT2D eigenvalue weighted by Crippen LogP contribution is -2.49. The molecule has 0 aliphatic carbocycles. The van der Waals surface area contributed by atoms with Crippen molar-refractivity contribution in [2.24, 2.45) is 0 Å². The van der Waals surface area contributed by atoms with Gasteiger partial charge in [0, 0.05) is 31.7 Å². The number of anilines is 1. The number of para-hydroxylation sites is 1. The van der Waals surface area contributed by atoms with Crippen LogP contribution in [0.25, 0.3) is 0 Å². The summed E-state index contributed by atoms with van der Waals surface area (Å²) in [6.07, 6.45) is 1.57. The molecular weight excluding hydrogens is 264 g/mol. The lowest BCUT2D eigenvalue weighted by atomic mass is 10.2. The Labute approximate surface area is 125 Å². The Morgan fingerprint density at radius 3 is 2.95 bits per heavy atom. The first-order valence-corrected chi connectivity index (χ1v) is 7.26. The number of piperazine rings is 1. The van der Waals surface area contributed by atoms with Gasteiger partial charge in [-0.1, -0.05) is 18.2 Å². The molecule has 0 bridgehead atoms. The fraction of sp³-hybridized carbons (Fsp3) is 0.375. The van der Waals surface area contributed by atoms with E-state index >= 15 is 0 Å². The van der Waals surface area contributed by atoms with E-state index in [4.69, 9.17) is 4.74 Å². The molecule has 0 saturated carbocycles. The minimum atomic E-state index is 0.467. The molecule has 21 heavy (non-hydrogen) atoms. The summed E-state index contributed by atoms with van der Waals surface area (Å²) < 4.78 is 5.87. The van der Waals surface area contributed by atoms with Gasteiger partial charge in [0.25, 0.3) is 0 Å². The zero-order chi connectivity index (χ0) is 14.7. The van der Waals surface area contributed by atoms with Gasteiger partial charge >= 0.3 is 0 Å². The van der Waals surface area contributed by atoms with Crippen molar-refractivity contribution in [3.63, 3.8) is 0 Å². The summed E-state index contributed by atoms with van der Waals surface area (Å²) in [7, 11) is 0. The third-order valence-corrected chi connectivity index (χ3v) is 3.63. The number of hydrogen-bond acceptors (Lipinski definition) is 5. The van der Waals surface area contributed by atoms with E-state index in [0.29, 0.717) is 11.9 Å². The number of aryl methyl sites for hydroxylation is 1. The molecule has 1 aliphatic rings. The van der Waals surface area contributed by atoms with Gasteiger partial charge < -0.3 is 15.0 Å². The van der Waals surface area contributed by atoms with Crippen LogP contribution in [0.3, 0.4) is 0 Å². The third-order valence-electron chi connectivity index (χ3n) is 3.63. The molecule has 2 aromatic rings. The number of aromatic nitrogens is 2. The van der Waals surface area contributed by atoms with E-state index in [-0.39, 0.29) is 0 Å². The van der Waals surface area contributed by atoms with E-state index < -0.39 is 0 Å². The highest BCUT2D eigenvalue weighted by atomic mass is 16.5. The zero-order valence-electron chi connectivity index (χ0n) is 12.4. The van der Waals surface area contributed by atoms with Crippen LogP contribution in [-0.2, 0) is 0 Å². The summed E-state index contributed by atoms with van der Waals surface area (Å²) in [6, 6.07) is 10.3. The van der Waals surface area contributed by atoms with Crippen LogP contribution >= 0.6 is 0 Å². The van der Waals surface area contributed by atoms with Crippen LogP contribution in [-0.4, -0.2) is 35.6 Å². The summed E-state index contributed by atoms with van der Waals surface area (Å²) in [4.78, 5) is 10.8. The maximum absolute atomic E-state index is 5.87. The SMILES string of the molecule is Cc1ccccc1Oc1cc(N2CCNC(C)C2)ncn1. The first kappa shape index (κ1) is 13.8. The van der Waals surface area contributed by atoms with Crippen LogP contribution in [0.4, 0.5) is 5.82 Å². The van der Waals surface area contributed by atoms with Crippen LogP contribution in [0.1, 0.15) is 12.5 Å². The standard InChI is InChI=1S/C16H20N4O/c1-12-5-3-4-6-14(12)21-16-9-15(18-11-19-16)20-8-7-17-13(2)10-20/h3-6,9,11,13,17H,7-8,10H2,1-2H3. The molecule has 1 N–H and O–H groups in total. The second-order valence-corrected chi connectivity index (χ2v) is 5.38. The number of nitrogens with one attached hydrogen (secondary N) is 1. The average Bonchev–Trinajstić information content (AvgIpc) is 2.50. The van der Waals surface area contributed by atoms with Gasteiger partial charge in [0.2, 0.25) is 5.88 Å². The van der Waals surface area contributed by atoms with E-state index in [9.17, 15) is 0 Å². The van der Waals surface area contributed by atoms with Crippen molar-refractivity contribution in [2.45, 2.75) is 19.9 Å². The number of nitrogens with zero attached hydrogens (tertiary/aromatic N) is 3. The van der Waals surface area contributed by atoms with Crippen molar-refractivity contribution < 1.29 is 4.74 Å². The molecule has 1 aromatic heterocycles. The summed E-state index contributed by atoms with van der Waals surface area (Å²) in [5.41, 5.74) is 1.09. The fourth-order valence-electron chi connectivity index (χ4n) is 2.48. The van der Waals surface area contributed by atoms with Gasteiger partial charge in [-0.3, -0.25) is 0 Å². The number of ether oxygens (including phenoxy) is 1. The number of benzene rings is 1. The van der Waals surface area contributed by atoms with Crippen LogP contribution in [0, 0.1) is 6.92 Å². The summed E-state index contributed by atoms with van der Waals surface area (Å²) in [5.74, 6) is 2.33. The van der Waals surface area contributed by atoms with E-state index in [1.165, 1.54) is 0 Å². The van der Waals surface area contributed by atoms with Crippen molar-refractivity contribution in [1.29, 1.82) is 0 Å². The molecule has 2 heterocycles. The Bertz CT molecular complexity index is 617. The Balaban J connectivity index is 1.78. The molecule has 3 rings (SSSR count). The summed E-state index contributed by atoms with van der Waals surface area (Å²) in [6.45, 7) is 7.07. The summed E-state index contributed by atoms with van der Waals surface area (Å²) >= 11 is 0. The first-order valence-electron chi connectivity index (χ1n) is 7.26. The maximum Gasteiger partial charge on any atom is 0.224 e. The second-order valence-electron chi connectivity index (χ2n) is 5.38. The molecule has 1 fully saturated rings. The van der Waals surface area contributed by atoms with Crippen molar-refractivity contribution in [3.8, 4) is 11.6 Å². The van der Waals surface area contributed by atoms with Gasteiger partial charge in [-0.25, -0.2) is 9.97 Å². The van der Waals surface area contributed by atoms with Crippen LogP contribution in [0.15, 0.2) is 36.7 Å². The zero-order valence-corrected chi connectivity index (χ0v) is 12.4. The van der Waals surface area contributed by atoms with Crippen LogP contribution in [0.5, 0.6) is 11.6 Å². The minimum absolute atomic E-state index is 0.467. The van der Waals surface area contributed by atoms with E-state index in [2.05, 4.69) is 27.1 Å². The average molecular weight is 284 g/mol. The molecular formula is C16H20N4O. The van der Waals surface area contributed by atoms with Crippen molar-refractivity contribution in [1.82, 2.24) is 15.3 Å². The predicted octanol–water partition coefficient (Wildman–Crippen LogP) is 2.38. The topological polar surface area (TPSA) is 50.3 Å². The molecule has 5 nitrogen and oxygen atoms in total. The molecule has 1 aliphatic heterocycles. The fourth-order valence-corrected chi connectivity index (χ4v) is 2.48. The molecule has 110 valence electrons. The van der Waals surface area contributed by atoms with Gasteiger partial charge in [0.15, 0.2) is 0 Å². The Hall–Kier alpha value is -2.14. The second kappa shape index (κ2) is 6.10. The highest BCUT2D eigenvalue weighted by Crippen LogP contribution is 2.25. The van der Waals surface area contributed by atoms with Gasteiger partial charge in [-0.2, -0.15) is 0 Å². The third kappa shape index (κ3) is 3.31. The Kier molecular flexibility index (Phi) is 4.01. The molecule has 1 atom stereocenters. The molecule has 5 heteroatoms. The van der Waals surface area contributed by atoms with E-state index in [1.54, 1.807) is 6.33 Å². The van der Waals surface area contributed by atoms with Crippen molar-refractivity contribution in [2.75, 3.05) is 24.5 Å². The normalized spacial score (nSPS) is 18.6. The minimum Gasteiger partial charge on any atom is -0.439 e. The van der Waals surface area contributed by atoms with Crippen molar-refractivity contribution >= 4 is 5.82 Å². The van der Waals surface area contributed by atoms with E-state index in [1.807, 2.05) is 37.3 Å². The molecule has 1 aromatic carbocycles. The summed E-state index contributed by atoms with van der Waals surface area (Å²) in [5, 5.41) is 3.43. The van der Waals surface area contributed by atoms with Gasteiger partial charge in [0.05, 0.1) is 0 Å².